The van der Waals surface area contributed by atoms with Gasteiger partial charge in [0.15, 0.2) is 0 Å². The Morgan fingerprint density at radius 1 is 1.24 bits per heavy atom. The van der Waals surface area contributed by atoms with Gasteiger partial charge in [-0.2, -0.15) is 13.2 Å². The van der Waals surface area contributed by atoms with Crippen LogP contribution in [-0.4, -0.2) is 12.9 Å². The van der Waals surface area contributed by atoms with E-state index in [9.17, 15) is 13.2 Å². The predicted molar refractivity (Wildman–Crippen MR) is 93.6 cm³/mol. The predicted octanol–water partition coefficient (Wildman–Crippen LogP) is 3.75. The minimum atomic E-state index is -4.39. The zero-order valence-corrected chi connectivity index (χ0v) is 14.4. The topological polar surface area (TPSA) is 62.4 Å². The van der Waals surface area contributed by atoms with E-state index in [-0.39, 0.29) is 12.1 Å². The van der Waals surface area contributed by atoms with Crippen LogP contribution in [0.4, 0.5) is 13.2 Å². The van der Waals surface area contributed by atoms with Gasteiger partial charge in [-0.15, -0.1) is 0 Å². The van der Waals surface area contributed by atoms with Gasteiger partial charge in [-0.05, 0) is 30.4 Å². The normalized spacial score (nSPS) is 17.6. The van der Waals surface area contributed by atoms with Crippen LogP contribution in [-0.2, 0) is 12.7 Å². The van der Waals surface area contributed by atoms with E-state index in [1.807, 2.05) is 0 Å². The first-order valence-corrected chi connectivity index (χ1v) is 8.51. The average Bonchev–Trinajstić information content (AvgIpc) is 2.60. The van der Waals surface area contributed by atoms with Gasteiger partial charge >= 0.3 is 6.18 Å². The van der Waals surface area contributed by atoms with E-state index < -0.39 is 11.7 Å². The van der Waals surface area contributed by atoms with E-state index in [1.54, 1.807) is 19.2 Å². The molecule has 2 rings (SSSR count). The standard InChI is InChI=1S/C18H25F3N4/c1-23-25-17(11-16(22)13-7-3-2-4-8-13)24-12-14-9-5-6-10-15(14)18(19,20)21/h5-6,9-11,13,23H,2-4,7-8,12,22H2,1H3,(H,24,25)/b16-11-. The van der Waals surface area contributed by atoms with Gasteiger partial charge in [0.1, 0.15) is 5.84 Å². The second-order valence-electron chi connectivity index (χ2n) is 6.21. The number of benzene rings is 1. The van der Waals surface area contributed by atoms with Gasteiger partial charge in [0.25, 0.3) is 0 Å². The fraction of sp³-hybridized carbons (Fsp3) is 0.500. The summed E-state index contributed by atoms with van der Waals surface area (Å²) in [6.07, 6.45) is 2.97. The van der Waals surface area contributed by atoms with Crippen molar-refractivity contribution in [3.63, 3.8) is 0 Å². The molecule has 0 saturated heterocycles. The number of amidine groups is 1. The molecule has 1 aromatic carbocycles. The number of hydrazine groups is 1. The summed E-state index contributed by atoms with van der Waals surface area (Å²) < 4.78 is 39.2. The third-order valence-electron chi connectivity index (χ3n) is 4.38. The van der Waals surface area contributed by atoms with Crippen molar-refractivity contribution >= 4 is 5.84 Å². The number of alkyl halides is 3. The van der Waals surface area contributed by atoms with Gasteiger partial charge < -0.3 is 11.2 Å². The van der Waals surface area contributed by atoms with Crippen LogP contribution in [0.3, 0.4) is 0 Å². The minimum absolute atomic E-state index is 0.0753. The summed E-state index contributed by atoms with van der Waals surface area (Å²) in [6.45, 7) is -0.0753. The molecule has 0 aliphatic heterocycles. The van der Waals surface area contributed by atoms with Crippen molar-refractivity contribution in [3.05, 3.63) is 47.2 Å². The lowest BCUT2D eigenvalue weighted by molar-refractivity contribution is -0.138. The van der Waals surface area contributed by atoms with Gasteiger partial charge in [0, 0.05) is 18.8 Å². The highest BCUT2D eigenvalue weighted by Gasteiger charge is 2.32. The SMILES string of the molecule is CNNC(/C=C(\N)C1CCCCC1)=NCc1ccccc1C(F)(F)F. The maximum atomic E-state index is 13.1. The quantitative estimate of drug-likeness (QED) is 0.429. The van der Waals surface area contributed by atoms with Crippen molar-refractivity contribution < 1.29 is 13.2 Å². The third-order valence-corrected chi connectivity index (χ3v) is 4.38. The molecule has 4 N–H and O–H groups in total. The van der Waals surface area contributed by atoms with Crippen molar-refractivity contribution in [2.75, 3.05) is 7.05 Å². The first-order valence-electron chi connectivity index (χ1n) is 8.51. The Balaban J connectivity index is 2.17. The fourth-order valence-electron chi connectivity index (χ4n) is 3.07. The van der Waals surface area contributed by atoms with Crippen LogP contribution in [0.2, 0.25) is 0 Å². The number of hydrogen-bond acceptors (Lipinski definition) is 3. The number of halogens is 3. The van der Waals surface area contributed by atoms with E-state index in [4.69, 9.17) is 5.73 Å². The number of nitrogens with one attached hydrogen (secondary N) is 2. The Morgan fingerprint density at radius 2 is 1.92 bits per heavy atom. The molecule has 1 aromatic rings. The summed E-state index contributed by atoms with van der Waals surface area (Å²) in [5.41, 5.74) is 12.0. The third kappa shape index (κ3) is 5.77. The fourth-order valence-corrected chi connectivity index (χ4v) is 3.07. The molecule has 25 heavy (non-hydrogen) atoms. The highest BCUT2D eigenvalue weighted by Crippen LogP contribution is 2.32. The molecule has 0 spiro atoms. The van der Waals surface area contributed by atoms with Crippen LogP contribution in [0.1, 0.15) is 43.2 Å². The molecule has 0 amide bonds. The molecule has 1 saturated carbocycles. The first-order chi connectivity index (χ1) is 11.9. The lowest BCUT2D eigenvalue weighted by Crippen LogP contribution is -2.34. The van der Waals surface area contributed by atoms with E-state index in [2.05, 4.69) is 15.8 Å². The van der Waals surface area contributed by atoms with Gasteiger partial charge in [0.2, 0.25) is 0 Å². The molecule has 0 radical (unpaired) electrons. The lowest BCUT2D eigenvalue weighted by atomic mass is 9.87. The smallest absolute Gasteiger partial charge is 0.402 e. The van der Waals surface area contributed by atoms with Gasteiger partial charge in [0.05, 0.1) is 12.1 Å². The number of nitrogens with zero attached hydrogens (tertiary/aromatic N) is 1. The molecule has 1 aliphatic carbocycles. The first kappa shape index (κ1) is 19.3. The monoisotopic (exact) mass is 354 g/mol. The summed E-state index contributed by atoms with van der Waals surface area (Å²) in [5, 5.41) is 0. The molecule has 4 nitrogen and oxygen atoms in total. The molecule has 0 bridgehead atoms. The summed E-state index contributed by atoms with van der Waals surface area (Å²) in [7, 11) is 1.67. The molecular formula is C18H25F3N4. The van der Waals surface area contributed by atoms with Crippen molar-refractivity contribution in [2.24, 2.45) is 16.6 Å². The minimum Gasteiger partial charge on any atom is -0.402 e. The highest BCUT2D eigenvalue weighted by molar-refractivity contribution is 5.93. The van der Waals surface area contributed by atoms with Crippen molar-refractivity contribution in [3.8, 4) is 0 Å². The summed E-state index contributed by atoms with van der Waals surface area (Å²) in [4.78, 5) is 4.28. The summed E-state index contributed by atoms with van der Waals surface area (Å²) in [5.74, 6) is 0.752. The Kier molecular flexibility index (Phi) is 6.87. The Morgan fingerprint density at radius 3 is 2.56 bits per heavy atom. The second kappa shape index (κ2) is 8.89. The van der Waals surface area contributed by atoms with Gasteiger partial charge in [-0.1, -0.05) is 37.5 Å². The van der Waals surface area contributed by atoms with Crippen molar-refractivity contribution in [1.29, 1.82) is 0 Å². The zero-order chi connectivity index (χ0) is 18.3. The number of allylic oxidation sites excluding steroid dienone is 1. The number of rotatable bonds is 5. The van der Waals surface area contributed by atoms with E-state index in [0.29, 0.717) is 11.8 Å². The number of hydrogen-bond donors (Lipinski definition) is 3. The van der Waals surface area contributed by atoms with Crippen LogP contribution < -0.4 is 16.6 Å². The molecule has 1 aliphatic rings. The summed E-state index contributed by atoms with van der Waals surface area (Å²) in [6, 6.07) is 5.47. The number of aliphatic imine (C=N–C) groups is 1. The molecule has 0 heterocycles. The summed E-state index contributed by atoms with van der Waals surface area (Å²) >= 11 is 0. The Labute approximate surface area is 146 Å². The largest absolute Gasteiger partial charge is 0.416 e. The second-order valence-corrected chi connectivity index (χ2v) is 6.21. The Bertz CT molecular complexity index is 617. The highest BCUT2D eigenvalue weighted by atomic mass is 19.4. The molecule has 0 unspecified atom stereocenters. The molecule has 138 valence electrons. The van der Waals surface area contributed by atoms with Gasteiger partial charge in [-0.3, -0.25) is 4.99 Å². The zero-order valence-electron chi connectivity index (χ0n) is 14.4. The van der Waals surface area contributed by atoms with E-state index in [1.165, 1.54) is 18.6 Å². The molecule has 0 atom stereocenters. The maximum Gasteiger partial charge on any atom is 0.416 e. The van der Waals surface area contributed by atoms with Crippen LogP contribution in [0.25, 0.3) is 0 Å². The van der Waals surface area contributed by atoms with E-state index >= 15 is 0 Å². The molecule has 0 aromatic heterocycles. The lowest BCUT2D eigenvalue weighted by Gasteiger charge is -2.22. The van der Waals surface area contributed by atoms with Crippen LogP contribution in [0.15, 0.2) is 41.0 Å². The molecule has 7 heteroatoms. The number of nitrogens with two attached hydrogens (primary N) is 1. The average molecular weight is 354 g/mol. The van der Waals surface area contributed by atoms with Crippen LogP contribution in [0, 0.1) is 5.92 Å². The maximum absolute atomic E-state index is 13.1. The van der Waals surface area contributed by atoms with Crippen LogP contribution >= 0.6 is 0 Å². The van der Waals surface area contributed by atoms with Crippen molar-refractivity contribution in [2.45, 2.75) is 44.8 Å². The van der Waals surface area contributed by atoms with Crippen LogP contribution in [0.5, 0.6) is 0 Å². The molecular weight excluding hydrogens is 329 g/mol. The van der Waals surface area contributed by atoms with E-state index in [0.717, 1.165) is 37.4 Å². The Hall–Kier alpha value is -2.02. The molecule has 1 fully saturated rings. The van der Waals surface area contributed by atoms with Crippen molar-refractivity contribution in [1.82, 2.24) is 10.9 Å². The van der Waals surface area contributed by atoms with Gasteiger partial charge in [-0.25, -0.2) is 5.43 Å².